The molecule has 0 bridgehead atoms. The lowest BCUT2D eigenvalue weighted by Crippen LogP contribution is -2.64. The summed E-state index contributed by atoms with van der Waals surface area (Å²) in [6.07, 6.45) is 25.8. The van der Waals surface area contributed by atoms with E-state index in [4.69, 9.17) is 29.4 Å². The molecule has 0 aromatic rings. The third-order valence-corrected chi connectivity index (χ3v) is 14.7. The van der Waals surface area contributed by atoms with Crippen molar-refractivity contribution in [2.45, 2.75) is 215 Å². The van der Waals surface area contributed by atoms with Crippen molar-refractivity contribution in [3.05, 3.63) is 72.9 Å². The van der Waals surface area contributed by atoms with Crippen LogP contribution in [0.15, 0.2) is 72.9 Å². The number of unbranched alkanes of at least 4 members (excludes halogenated alkanes) is 13. The Balaban J connectivity index is 2.99. The number of allylic oxidation sites excluding steroid dienone is 11. The van der Waals surface area contributed by atoms with Crippen molar-refractivity contribution in [3.63, 3.8) is 0 Å². The zero-order chi connectivity index (χ0) is 55.9. The van der Waals surface area contributed by atoms with Gasteiger partial charge in [0, 0.05) is 23.8 Å². The van der Waals surface area contributed by atoms with Crippen LogP contribution in [-0.4, -0.2) is 142 Å². The third kappa shape index (κ3) is 35.3. The normalized spacial score (nSPS) is 22.2. The number of carbonyl (C=O) groups is 3. The second-order valence-corrected chi connectivity index (χ2v) is 22.3. The van der Waals surface area contributed by atoms with Crippen LogP contribution in [-0.2, 0) is 46.6 Å². The Bertz CT molecular complexity index is 1840. The first-order chi connectivity index (χ1) is 35.7. The van der Waals surface area contributed by atoms with E-state index in [1.807, 2.05) is 12.2 Å². The lowest BCUT2D eigenvalue weighted by molar-refractivity contribution is -0.216. The van der Waals surface area contributed by atoms with Crippen LogP contribution >= 0.6 is 27.4 Å². The third-order valence-electron chi connectivity index (χ3n) is 11.8. The van der Waals surface area contributed by atoms with Crippen LogP contribution in [0, 0.1) is 0 Å². The van der Waals surface area contributed by atoms with Crippen LogP contribution in [0.5, 0.6) is 0 Å². The largest absolute Gasteiger partial charge is 0.481 e. The standard InChI is InChI=1S/C52H89NO19P2S/c1-3-5-7-9-11-13-15-17-18-19-20-21-23-25-27-29-31-36-45(57)68-37-40(38-69-74(66,67)72-51-49(61)47(59)46(58)48(60)50(51)71-73(63,64)65)70-52(62)41(53)39-75-43(42(54)33-32-35-44(55)56)34-30-28-26-24-22-16-14-12-10-8-6-4-2/h11-14,17-18,22,24,26,28,30,34,40-43,46-51,54,58-61H,3-10,15-16,19-21,23,25,27,29,31-33,35-39,53H2,1-2H3,(H,55,56)(H,66,67)(H2,63,64,65)/b13-11-,14-12-,18-17-,24-22-,28-26+,34-30+/t40-,41+,42+,43-,46+,47+,48-,49-,50-,51+/m1/s1. The highest BCUT2D eigenvalue weighted by Crippen LogP contribution is 2.50. The van der Waals surface area contributed by atoms with Gasteiger partial charge in [0.05, 0.1) is 12.7 Å². The molecule has 0 aromatic carbocycles. The molecular formula is C52H89NO19P2S. The lowest BCUT2D eigenvalue weighted by atomic mass is 9.85. The first-order valence-corrected chi connectivity index (χ1v) is 30.5. The van der Waals surface area contributed by atoms with Gasteiger partial charge in [0.25, 0.3) is 0 Å². The van der Waals surface area contributed by atoms with Gasteiger partial charge in [-0.1, -0.05) is 145 Å². The number of esters is 2. The first kappa shape index (κ1) is 70.2. The Morgan fingerprint density at radius 2 is 1.15 bits per heavy atom. The molecule has 0 aliphatic heterocycles. The number of aliphatic hydroxyl groups excluding tert-OH is 5. The highest BCUT2D eigenvalue weighted by molar-refractivity contribution is 8.00. The molecule has 0 radical (unpaired) electrons. The number of carbonyl (C=O) groups excluding carboxylic acids is 2. The van der Waals surface area contributed by atoms with Crippen molar-refractivity contribution >= 4 is 45.3 Å². The Morgan fingerprint density at radius 1 is 0.627 bits per heavy atom. The molecule has 23 heteroatoms. The number of ether oxygens (including phenoxy) is 2. The summed E-state index contributed by atoms with van der Waals surface area (Å²) in [6, 6.07) is -1.40. The fraction of sp³-hybridized carbons (Fsp3) is 0.712. The smallest absolute Gasteiger partial charge is 0.472 e. The van der Waals surface area contributed by atoms with Gasteiger partial charge in [-0.05, 0) is 70.6 Å². The number of phosphoric acid groups is 2. The van der Waals surface area contributed by atoms with Crippen molar-refractivity contribution in [3.8, 4) is 0 Å². The zero-order valence-electron chi connectivity index (χ0n) is 43.9. The van der Waals surface area contributed by atoms with Gasteiger partial charge < -0.3 is 60.5 Å². The van der Waals surface area contributed by atoms with E-state index >= 15 is 0 Å². The van der Waals surface area contributed by atoms with Gasteiger partial charge >= 0.3 is 33.6 Å². The van der Waals surface area contributed by atoms with Crippen molar-refractivity contribution in [2.24, 2.45) is 5.73 Å². The molecule has 432 valence electrons. The monoisotopic (exact) mass is 1130 g/mol. The predicted octanol–water partition coefficient (Wildman–Crippen LogP) is 7.71. The van der Waals surface area contributed by atoms with Gasteiger partial charge in [-0.3, -0.25) is 28.0 Å². The highest BCUT2D eigenvalue weighted by atomic mass is 32.2. The quantitative estimate of drug-likeness (QED) is 0.00917. The summed E-state index contributed by atoms with van der Waals surface area (Å²) in [7, 11) is -11.0. The summed E-state index contributed by atoms with van der Waals surface area (Å²) >= 11 is 1.07. The number of carboxylic acid groups (broad SMARTS) is 1. The molecular weight excluding hydrogens is 1040 g/mol. The first-order valence-electron chi connectivity index (χ1n) is 26.4. The summed E-state index contributed by atoms with van der Waals surface area (Å²) in [5.41, 5.74) is 6.22. The van der Waals surface area contributed by atoms with E-state index in [1.54, 1.807) is 24.3 Å². The van der Waals surface area contributed by atoms with Gasteiger partial charge in [0.2, 0.25) is 0 Å². The van der Waals surface area contributed by atoms with Crippen molar-refractivity contribution in [1.29, 1.82) is 0 Å². The molecule has 0 aromatic heterocycles. The van der Waals surface area contributed by atoms with Crippen molar-refractivity contribution in [2.75, 3.05) is 19.0 Å². The molecule has 1 saturated carbocycles. The van der Waals surface area contributed by atoms with Gasteiger partial charge in [-0.15, -0.1) is 11.8 Å². The molecule has 1 aliphatic carbocycles. The number of phosphoric ester groups is 2. The molecule has 1 unspecified atom stereocenters. The second kappa shape index (κ2) is 42.2. The molecule has 1 rings (SSSR count). The van der Waals surface area contributed by atoms with E-state index in [1.165, 1.54) is 25.7 Å². The van der Waals surface area contributed by atoms with Crippen LogP contribution in [0.4, 0.5) is 0 Å². The molecule has 11 atom stereocenters. The van der Waals surface area contributed by atoms with Gasteiger partial charge in [0.15, 0.2) is 6.10 Å². The minimum atomic E-state index is -5.53. The van der Waals surface area contributed by atoms with Crippen LogP contribution in [0.3, 0.4) is 0 Å². The molecule has 75 heavy (non-hydrogen) atoms. The fourth-order valence-corrected chi connectivity index (χ4v) is 10.1. The highest BCUT2D eigenvalue weighted by Gasteiger charge is 2.54. The number of aliphatic hydroxyl groups is 5. The molecule has 0 spiro atoms. The predicted molar refractivity (Wildman–Crippen MR) is 288 cm³/mol. The van der Waals surface area contributed by atoms with Crippen LogP contribution in [0.25, 0.3) is 0 Å². The summed E-state index contributed by atoms with van der Waals surface area (Å²) in [5.74, 6) is -2.96. The number of rotatable bonds is 44. The number of nitrogens with two attached hydrogens (primary N) is 1. The van der Waals surface area contributed by atoms with Crippen molar-refractivity contribution in [1.82, 2.24) is 0 Å². The Labute approximate surface area is 448 Å². The number of hydrogen-bond donors (Lipinski definition) is 10. The van der Waals surface area contributed by atoms with E-state index in [0.29, 0.717) is 6.42 Å². The van der Waals surface area contributed by atoms with E-state index in [2.05, 4.69) is 54.8 Å². The number of aliphatic carboxylic acids is 1. The lowest BCUT2D eigenvalue weighted by Gasteiger charge is -2.43. The Hall–Kier alpha value is -2.82. The van der Waals surface area contributed by atoms with Gasteiger partial charge in [0.1, 0.15) is 49.3 Å². The van der Waals surface area contributed by atoms with E-state index in [9.17, 15) is 63.7 Å². The number of thioether (sulfide) groups is 1. The molecule has 0 heterocycles. The van der Waals surface area contributed by atoms with Crippen LogP contribution in [0.2, 0.25) is 0 Å². The fourth-order valence-electron chi connectivity index (χ4n) is 7.47. The maximum absolute atomic E-state index is 13.4. The van der Waals surface area contributed by atoms with Gasteiger partial charge in [-0.2, -0.15) is 0 Å². The zero-order valence-corrected chi connectivity index (χ0v) is 46.5. The van der Waals surface area contributed by atoms with Crippen molar-refractivity contribution < 1.29 is 91.9 Å². The molecule has 1 aliphatic rings. The van der Waals surface area contributed by atoms with Crippen LogP contribution < -0.4 is 5.73 Å². The van der Waals surface area contributed by atoms with E-state index in [-0.39, 0.29) is 31.4 Å². The summed E-state index contributed by atoms with van der Waals surface area (Å²) in [6.45, 7) is 2.60. The average molecular weight is 1130 g/mol. The Kier molecular flexibility index (Phi) is 39.5. The summed E-state index contributed by atoms with van der Waals surface area (Å²) in [4.78, 5) is 66.8. The molecule has 11 N–H and O–H groups in total. The minimum absolute atomic E-state index is 0.000130. The maximum Gasteiger partial charge on any atom is 0.472 e. The second-order valence-electron chi connectivity index (χ2n) is 18.4. The number of hydrogen-bond acceptors (Lipinski definition) is 17. The summed E-state index contributed by atoms with van der Waals surface area (Å²) in [5, 5.41) is 60.6. The molecule has 1 fully saturated rings. The SMILES string of the molecule is CCCCC/C=C\C\C=C/C=C/C=C/[C@@H](SC[C@H](N)C(=O)O[C@H](COC(=O)CCCCCCCCC/C=C\C/C=C\CCCCC)COP(=O)(O)O[C@H]1[C@H](O)[C@@H](O)[C@H](O)[C@@H](O)[C@H]1OP(=O)(O)O)[C@@H](O)CCCC(=O)O. The minimum Gasteiger partial charge on any atom is -0.481 e. The topological polar surface area (TPSA) is 340 Å². The van der Waals surface area contributed by atoms with Gasteiger partial charge in [-0.25, -0.2) is 9.13 Å². The molecule has 20 nitrogen and oxygen atoms in total. The number of carboxylic acids is 1. The molecule has 0 amide bonds. The molecule has 0 saturated heterocycles. The maximum atomic E-state index is 13.4. The Morgan fingerprint density at radius 3 is 1.71 bits per heavy atom. The average Bonchev–Trinajstić information content (AvgIpc) is 3.35. The summed E-state index contributed by atoms with van der Waals surface area (Å²) < 4.78 is 50.0. The van der Waals surface area contributed by atoms with E-state index < -0.39 is 107 Å². The van der Waals surface area contributed by atoms with Crippen LogP contribution in [0.1, 0.15) is 155 Å². The van der Waals surface area contributed by atoms with E-state index in [0.717, 1.165) is 95.2 Å².